The van der Waals surface area contributed by atoms with Crippen molar-refractivity contribution in [2.75, 3.05) is 0 Å². The van der Waals surface area contributed by atoms with Gasteiger partial charge in [0.05, 0.1) is 0 Å². The van der Waals surface area contributed by atoms with Gasteiger partial charge in [-0.2, -0.15) is 0 Å². The van der Waals surface area contributed by atoms with E-state index in [4.69, 9.17) is 4.74 Å². The number of carbonyl (C=O) groups excluding carboxylic acids is 1. The SMILES string of the molecule is CCCC(=O)OC(C)(c1ccncc1)c1ccncc1.Cl.Cl. The van der Waals surface area contributed by atoms with E-state index in [1.807, 2.05) is 38.1 Å². The fraction of sp³-hybridized carbons (Fsp3) is 0.312. The number of aromatic nitrogens is 2. The first kappa shape index (κ1) is 20.3. The van der Waals surface area contributed by atoms with Crippen LogP contribution in [0.5, 0.6) is 0 Å². The van der Waals surface area contributed by atoms with Crippen molar-refractivity contribution >= 4 is 30.8 Å². The number of nitrogens with zero attached hydrogens (tertiary/aromatic N) is 2. The molecule has 2 aromatic heterocycles. The van der Waals surface area contributed by atoms with Gasteiger partial charge in [0.1, 0.15) is 0 Å². The van der Waals surface area contributed by atoms with Crippen LogP contribution in [0.4, 0.5) is 0 Å². The molecular weight excluding hydrogens is 323 g/mol. The zero-order valence-electron chi connectivity index (χ0n) is 12.6. The number of pyridine rings is 2. The molecule has 0 aromatic carbocycles. The molecule has 0 radical (unpaired) electrons. The Balaban J connectivity index is 0.00000220. The predicted octanol–water partition coefficient (Wildman–Crippen LogP) is 3.93. The van der Waals surface area contributed by atoms with E-state index in [2.05, 4.69) is 9.97 Å². The molecule has 0 aliphatic carbocycles. The smallest absolute Gasteiger partial charge is 0.306 e. The highest BCUT2D eigenvalue weighted by atomic mass is 35.5. The zero-order valence-corrected chi connectivity index (χ0v) is 14.2. The molecule has 0 N–H and O–H groups in total. The van der Waals surface area contributed by atoms with E-state index in [0.717, 1.165) is 17.5 Å². The lowest BCUT2D eigenvalue weighted by molar-refractivity contribution is -0.155. The first-order chi connectivity index (χ1) is 9.66. The second-order valence-electron chi connectivity index (χ2n) is 4.73. The second-order valence-corrected chi connectivity index (χ2v) is 4.73. The maximum absolute atomic E-state index is 12.0. The first-order valence-corrected chi connectivity index (χ1v) is 6.69. The average molecular weight is 343 g/mol. The van der Waals surface area contributed by atoms with Gasteiger partial charge in [0.15, 0.2) is 5.60 Å². The molecule has 0 aliphatic heterocycles. The Morgan fingerprint density at radius 2 is 1.41 bits per heavy atom. The van der Waals surface area contributed by atoms with Crippen LogP contribution in [0.1, 0.15) is 37.8 Å². The van der Waals surface area contributed by atoms with E-state index >= 15 is 0 Å². The highest BCUT2D eigenvalue weighted by Gasteiger charge is 2.33. The van der Waals surface area contributed by atoms with Gasteiger partial charge in [-0.25, -0.2) is 0 Å². The van der Waals surface area contributed by atoms with Gasteiger partial charge in [0.25, 0.3) is 0 Å². The molecule has 0 unspecified atom stereocenters. The Labute approximate surface area is 143 Å². The van der Waals surface area contributed by atoms with Gasteiger partial charge in [-0.15, -0.1) is 24.8 Å². The summed E-state index contributed by atoms with van der Waals surface area (Å²) in [6.45, 7) is 3.85. The molecule has 0 fully saturated rings. The lowest BCUT2D eigenvalue weighted by Gasteiger charge is -2.30. The summed E-state index contributed by atoms with van der Waals surface area (Å²) in [5.41, 5.74) is 0.962. The zero-order chi connectivity index (χ0) is 14.4. The molecule has 0 spiro atoms. The second kappa shape index (κ2) is 9.38. The fourth-order valence-electron chi connectivity index (χ4n) is 2.11. The summed E-state index contributed by atoms with van der Waals surface area (Å²) >= 11 is 0. The molecule has 0 atom stereocenters. The van der Waals surface area contributed by atoms with Crippen LogP contribution < -0.4 is 0 Å². The summed E-state index contributed by atoms with van der Waals surface area (Å²) in [4.78, 5) is 20.0. The third kappa shape index (κ3) is 4.68. The Morgan fingerprint density at radius 1 is 1.00 bits per heavy atom. The summed E-state index contributed by atoms with van der Waals surface area (Å²) in [6, 6.07) is 7.44. The van der Waals surface area contributed by atoms with E-state index in [1.54, 1.807) is 24.8 Å². The number of ether oxygens (including phenoxy) is 1. The van der Waals surface area contributed by atoms with Gasteiger partial charge in [-0.3, -0.25) is 14.8 Å². The molecule has 120 valence electrons. The van der Waals surface area contributed by atoms with Gasteiger partial charge in [-0.1, -0.05) is 6.92 Å². The summed E-state index contributed by atoms with van der Waals surface area (Å²) in [5, 5.41) is 0. The highest BCUT2D eigenvalue weighted by Crippen LogP contribution is 2.33. The molecule has 22 heavy (non-hydrogen) atoms. The minimum absolute atomic E-state index is 0. The topological polar surface area (TPSA) is 52.1 Å². The fourth-order valence-corrected chi connectivity index (χ4v) is 2.11. The van der Waals surface area contributed by atoms with Crippen LogP contribution in [0.25, 0.3) is 0 Å². The van der Waals surface area contributed by atoms with Crippen LogP contribution in [-0.4, -0.2) is 15.9 Å². The maximum Gasteiger partial charge on any atom is 0.306 e. The van der Waals surface area contributed by atoms with E-state index < -0.39 is 5.60 Å². The molecule has 0 saturated carbocycles. The summed E-state index contributed by atoms with van der Waals surface area (Å²) in [6.07, 6.45) is 7.96. The van der Waals surface area contributed by atoms with Gasteiger partial charge < -0.3 is 4.74 Å². The number of carbonyl (C=O) groups is 1. The molecule has 6 heteroatoms. The molecule has 0 bridgehead atoms. The van der Waals surface area contributed by atoms with Crippen LogP contribution in [-0.2, 0) is 15.1 Å². The van der Waals surface area contributed by atoms with E-state index in [1.165, 1.54) is 0 Å². The first-order valence-electron chi connectivity index (χ1n) is 6.69. The number of hydrogen-bond donors (Lipinski definition) is 0. The monoisotopic (exact) mass is 342 g/mol. The van der Waals surface area contributed by atoms with Crippen LogP contribution in [0.15, 0.2) is 49.1 Å². The van der Waals surface area contributed by atoms with E-state index in [-0.39, 0.29) is 30.8 Å². The van der Waals surface area contributed by atoms with Crippen molar-refractivity contribution in [1.82, 2.24) is 9.97 Å². The van der Waals surface area contributed by atoms with Crippen molar-refractivity contribution < 1.29 is 9.53 Å². The van der Waals surface area contributed by atoms with Crippen LogP contribution in [0, 0.1) is 0 Å². The summed E-state index contributed by atoms with van der Waals surface area (Å²) < 4.78 is 5.76. The van der Waals surface area contributed by atoms with E-state index in [9.17, 15) is 4.79 Å². The molecule has 0 aliphatic rings. The van der Waals surface area contributed by atoms with Crippen molar-refractivity contribution in [3.63, 3.8) is 0 Å². The van der Waals surface area contributed by atoms with Crippen LogP contribution >= 0.6 is 24.8 Å². The van der Waals surface area contributed by atoms with Crippen molar-refractivity contribution in [2.45, 2.75) is 32.3 Å². The lowest BCUT2D eigenvalue weighted by Crippen LogP contribution is -2.30. The maximum atomic E-state index is 12.0. The third-order valence-corrected chi connectivity index (χ3v) is 3.23. The highest BCUT2D eigenvalue weighted by molar-refractivity contribution is 5.85. The van der Waals surface area contributed by atoms with Crippen molar-refractivity contribution in [2.24, 2.45) is 0 Å². The number of hydrogen-bond acceptors (Lipinski definition) is 4. The molecule has 4 nitrogen and oxygen atoms in total. The quantitative estimate of drug-likeness (QED) is 0.772. The Morgan fingerprint density at radius 3 is 1.77 bits per heavy atom. The molecule has 2 rings (SSSR count). The number of rotatable bonds is 5. The lowest BCUT2D eigenvalue weighted by atomic mass is 9.89. The van der Waals surface area contributed by atoms with Crippen molar-refractivity contribution in [1.29, 1.82) is 0 Å². The van der Waals surface area contributed by atoms with Gasteiger partial charge in [0, 0.05) is 42.3 Å². The Kier molecular flexibility index (Phi) is 8.68. The number of halogens is 2. The molecule has 2 heterocycles. The van der Waals surface area contributed by atoms with Crippen molar-refractivity contribution in [3.05, 3.63) is 60.2 Å². The van der Waals surface area contributed by atoms with Gasteiger partial charge >= 0.3 is 5.97 Å². The average Bonchev–Trinajstić information content (AvgIpc) is 2.49. The van der Waals surface area contributed by atoms with Gasteiger partial charge in [-0.05, 0) is 37.6 Å². The molecule has 0 saturated heterocycles. The largest absolute Gasteiger partial charge is 0.450 e. The third-order valence-electron chi connectivity index (χ3n) is 3.23. The molecular formula is C16H20Cl2N2O2. The van der Waals surface area contributed by atoms with Crippen LogP contribution in [0.2, 0.25) is 0 Å². The van der Waals surface area contributed by atoms with Gasteiger partial charge in [0.2, 0.25) is 0 Å². The molecule has 2 aromatic rings. The minimum Gasteiger partial charge on any atom is -0.450 e. The predicted molar refractivity (Wildman–Crippen MR) is 90.4 cm³/mol. The Hall–Kier alpha value is -1.65. The standard InChI is InChI=1S/C16H18N2O2.2ClH/c1-3-4-15(19)20-16(2,13-5-9-17-10-6-13)14-7-11-18-12-8-14;;/h5-12H,3-4H2,1-2H3;2*1H. The number of esters is 1. The van der Waals surface area contributed by atoms with E-state index in [0.29, 0.717) is 6.42 Å². The summed E-state index contributed by atoms with van der Waals surface area (Å²) in [5.74, 6) is -0.205. The minimum atomic E-state index is -0.821. The normalized spacial score (nSPS) is 10.1. The van der Waals surface area contributed by atoms with Crippen molar-refractivity contribution in [3.8, 4) is 0 Å². The Bertz CT molecular complexity index is 525. The van der Waals surface area contributed by atoms with Crippen LogP contribution in [0.3, 0.4) is 0 Å². The molecule has 0 amide bonds. The summed E-state index contributed by atoms with van der Waals surface area (Å²) in [7, 11) is 0.